The molecule has 0 spiro atoms. The number of benzene rings is 1. The van der Waals surface area contributed by atoms with Crippen LogP contribution >= 0.6 is 11.3 Å². The fourth-order valence-electron chi connectivity index (χ4n) is 2.02. The summed E-state index contributed by atoms with van der Waals surface area (Å²) in [6.07, 6.45) is 2.86. The molecule has 0 saturated heterocycles. The number of halogens is 1. The van der Waals surface area contributed by atoms with Crippen molar-refractivity contribution >= 4 is 11.3 Å². The maximum atomic E-state index is 13.6. The Hall–Kier alpha value is -1.39. The van der Waals surface area contributed by atoms with E-state index in [1.54, 1.807) is 24.3 Å². The SMILES string of the molecule is Cc1ccc(OC(CCCCN)c2cccs2)cc1F. The first-order valence-corrected chi connectivity index (χ1v) is 7.75. The molecule has 0 radical (unpaired) electrons. The van der Waals surface area contributed by atoms with Gasteiger partial charge < -0.3 is 10.5 Å². The molecule has 0 aliphatic carbocycles. The summed E-state index contributed by atoms with van der Waals surface area (Å²) in [6, 6.07) is 9.09. The van der Waals surface area contributed by atoms with E-state index in [0.29, 0.717) is 17.9 Å². The summed E-state index contributed by atoms with van der Waals surface area (Å²) >= 11 is 1.67. The predicted octanol–water partition coefficient (Wildman–Crippen LogP) is 4.44. The van der Waals surface area contributed by atoms with Gasteiger partial charge in [0.15, 0.2) is 0 Å². The Labute approximate surface area is 123 Å². The third-order valence-corrected chi connectivity index (χ3v) is 4.17. The van der Waals surface area contributed by atoms with E-state index in [1.165, 1.54) is 10.9 Å². The highest BCUT2D eigenvalue weighted by Gasteiger charge is 2.15. The molecule has 1 atom stereocenters. The minimum atomic E-state index is -0.227. The van der Waals surface area contributed by atoms with E-state index in [1.807, 2.05) is 17.5 Å². The number of rotatable bonds is 7. The highest BCUT2D eigenvalue weighted by atomic mass is 32.1. The van der Waals surface area contributed by atoms with Crippen LogP contribution in [0.2, 0.25) is 0 Å². The largest absolute Gasteiger partial charge is 0.485 e. The van der Waals surface area contributed by atoms with Crippen LogP contribution < -0.4 is 10.5 Å². The van der Waals surface area contributed by atoms with Crippen molar-refractivity contribution in [1.82, 2.24) is 0 Å². The molecule has 0 aliphatic rings. The molecule has 0 saturated carbocycles. The molecule has 4 heteroatoms. The van der Waals surface area contributed by atoms with Crippen LogP contribution in [0, 0.1) is 12.7 Å². The third kappa shape index (κ3) is 4.05. The topological polar surface area (TPSA) is 35.2 Å². The van der Waals surface area contributed by atoms with Crippen LogP contribution in [0.5, 0.6) is 5.75 Å². The number of hydrogen-bond acceptors (Lipinski definition) is 3. The summed E-state index contributed by atoms with van der Waals surface area (Å²) < 4.78 is 19.6. The zero-order valence-electron chi connectivity index (χ0n) is 11.6. The quantitative estimate of drug-likeness (QED) is 0.766. The fraction of sp³-hybridized carbons (Fsp3) is 0.375. The molecular formula is C16H20FNOS. The molecule has 1 unspecified atom stereocenters. The van der Waals surface area contributed by atoms with Crippen LogP contribution in [0.1, 0.15) is 35.8 Å². The molecule has 1 aromatic heterocycles. The molecule has 1 aromatic carbocycles. The predicted molar refractivity (Wildman–Crippen MR) is 81.7 cm³/mol. The number of unbranched alkanes of at least 4 members (excludes halogenated alkanes) is 1. The van der Waals surface area contributed by atoms with Crippen LogP contribution in [0.15, 0.2) is 35.7 Å². The fourth-order valence-corrected chi connectivity index (χ4v) is 2.81. The summed E-state index contributed by atoms with van der Waals surface area (Å²) in [6.45, 7) is 2.44. The van der Waals surface area contributed by atoms with E-state index >= 15 is 0 Å². The van der Waals surface area contributed by atoms with Gasteiger partial charge in [-0.05, 0) is 55.8 Å². The maximum Gasteiger partial charge on any atom is 0.133 e. The van der Waals surface area contributed by atoms with Gasteiger partial charge in [0, 0.05) is 10.9 Å². The highest BCUT2D eigenvalue weighted by molar-refractivity contribution is 7.10. The average molecular weight is 293 g/mol. The molecule has 1 heterocycles. The maximum absolute atomic E-state index is 13.6. The Bertz CT molecular complexity index is 527. The number of hydrogen-bond donors (Lipinski definition) is 1. The molecule has 0 aliphatic heterocycles. The van der Waals surface area contributed by atoms with Gasteiger partial charge >= 0.3 is 0 Å². The van der Waals surface area contributed by atoms with E-state index in [2.05, 4.69) is 6.07 Å². The van der Waals surface area contributed by atoms with Crippen molar-refractivity contribution in [2.45, 2.75) is 32.3 Å². The molecule has 2 nitrogen and oxygen atoms in total. The first-order chi connectivity index (χ1) is 9.70. The summed E-state index contributed by atoms with van der Waals surface area (Å²) in [5.41, 5.74) is 6.17. The van der Waals surface area contributed by atoms with Crippen molar-refractivity contribution in [2.75, 3.05) is 6.54 Å². The zero-order valence-corrected chi connectivity index (χ0v) is 12.5. The Morgan fingerprint density at radius 2 is 2.15 bits per heavy atom. The van der Waals surface area contributed by atoms with Crippen molar-refractivity contribution < 1.29 is 9.13 Å². The molecule has 0 bridgehead atoms. The van der Waals surface area contributed by atoms with Crippen molar-refractivity contribution in [3.05, 3.63) is 52.0 Å². The molecule has 0 fully saturated rings. The van der Waals surface area contributed by atoms with Crippen LogP contribution in [0.25, 0.3) is 0 Å². The molecule has 2 aromatic rings. The van der Waals surface area contributed by atoms with Crippen molar-refractivity contribution in [2.24, 2.45) is 5.73 Å². The number of nitrogens with two attached hydrogens (primary N) is 1. The lowest BCUT2D eigenvalue weighted by Crippen LogP contribution is -2.08. The van der Waals surface area contributed by atoms with E-state index in [9.17, 15) is 4.39 Å². The monoisotopic (exact) mass is 293 g/mol. The lowest BCUT2D eigenvalue weighted by Gasteiger charge is -2.18. The Kier molecular flexibility index (Phi) is 5.56. The van der Waals surface area contributed by atoms with Gasteiger partial charge in [0.05, 0.1) is 0 Å². The molecule has 108 valence electrons. The second-order valence-corrected chi connectivity index (χ2v) is 5.80. The van der Waals surface area contributed by atoms with E-state index in [0.717, 1.165) is 19.3 Å². The molecular weight excluding hydrogens is 273 g/mol. The molecule has 0 amide bonds. The lowest BCUT2D eigenvalue weighted by atomic mass is 10.1. The van der Waals surface area contributed by atoms with Crippen LogP contribution in [-0.4, -0.2) is 6.54 Å². The summed E-state index contributed by atoms with van der Waals surface area (Å²) in [7, 11) is 0. The highest BCUT2D eigenvalue weighted by Crippen LogP contribution is 2.30. The lowest BCUT2D eigenvalue weighted by molar-refractivity contribution is 0.194. The Balaban J connectivity index is 2.08. The smallest absolute Gasteiger partial charge is 0.133 e. The second-order valence-electron chi connectivity index (χ2n) is 4.82. The number of thiophene rings is 1. The van der Waals surface area contributed by atoms with Gasteiger partial charge in [0.2, 0.25) is 0 Å². The van der Waals surface area contributed by atoms with Crippen molar-refractivity contribution in [3.63, 3.8) is 0 Å². The summed E-state index contributed by atoms with van der Waals surface area (Å²) in [5, 5.41) is 2.03. The average Bonchev–Trinajstić information content (AvgIpc) is 2.96. The molecule has 2 rings (SSSR count). The molecule has 2 N–H and O–H groups in total. The van der Waals surface area contributed by atoms with Gasteiger partial charge in [-0.25, -0.2) is 4.39 Å². The van der Waals surface area contributed by atoms with Gasteiger partial charge in [-0.1, -0.05) is 12.1 Å². The van der Waals surface area contributed by atoms with Gasteiger partial charge in [-0.2, -0.15) is 0 Å². The first-order valence-electron chi connectivity index (χ1n) is 6.87. The van der Waals surface area contributed by atoms with Gasteiger partial charge in [-0.3, -0.25) is 0 Å². The van der Waals surface area contributed by atoms with E-state index < -0.39 is 0 Å². The van der Waals surface area contributed by atoms with Crippen molar-refractivity contribution in [3.8, 4) is 5.75 Å². The van der Waals surface area contributed by atoms with Crippen LogP contribution in [0.4, 0.5) is 4.39 Å². The standard InChI is InChI=1S/C16H20FNOS/c1-12-7-8-13(11-14(12)17)19-15(5-2-3-9-18)16-6-4-10-20-16/h4,6-8,10-11,15H,2-3,5,9,18H2,1H3. The number of ether oxygens (including phenoxy) is 1. The zero-order chi connectivity index (χ0) is 14.4. The second kappa shape index (κ2) is 7.41. The summed E-state index contributed by atoms with van der Waals surface area (Å²) in [4.78, 5) is 1.17. The van der Waals surface area contributed by atoms with Crippen molar-refractivity contribution in [1.29, 1.82) is 0 Å². The first kappa shape index (κ1) is 15.0. The van der Waals surface area contributed by atoms with Gasteiger partial charge in [-0.15, -0.1) is 11.3 Å². The third-order valence-electron chi connectivity index (χ3n) is 3.20. The molecule has 20 heavy (non-hydrogen) atoms. The van der Waals surface area contributed by atoms with Crippen LogP contribution in [-0.2, 0) is 0 Å². The van der Waals surface area contributed by atoms with E-state index in [-0.39, 0.29) is 11.9 Å². The minimum absolute atomic E-state index is 0.0244. The van der Waals surface area contributed by atoms with Crippen LogP contribution in [0.3, 0.4) is 0 Å². The summed E-state index contributed by atoms with van der Waals surface area (Å²) in [5.74, 6) is 0.355. The minimum Gasteiger partial charge on any atom is -0.485 e. The Morgan fingerprint density at radius 1 is 1.30 bits per heavy atom. The van der Waals surface area contributed by atoms with E-state index in [4.69, 9.17) is 10.5 Å². The van der Waals surface area contributed by atoms with Gasteiger partial charge in [0.1, 0.15) is 17.7 Å². The normalized spacial score (nSPS) is 12.3. The number of aryl methyl sites for hydroxylation is 1. The Morgan fingerprint density at radius 3 is 2.80 bits per heavy atom. The van der Waals surface area contributed by atoms with Gasteiger partial charge in [0.25, 0.3) is 0 Å².